The van der Waals surface area contributed by atoms with Crippen LogP contribution >= 0.6 is 0 Å². The molecule has 0 spiro atoms. The normalized spacial score (nSPS) is 14.3. The van der Waals surface area contributed by atoms with E-state index >= 15 is 0 Å². The topological polar surface area (TPSA) is 135 Å². The zero-order chi connectivity index (χ0) is 25.4. The molecule has 10 heteroatoms. The smallest absolute Gasteiger partial charge is 0.411 e. The van der Waals surface area contributed by atoms with Gasteiger partial charge in [-0.05, 0) is 55.2 Å². The number of halogens is 1. The van der Waals surface area contributed by atoms with Crippen molar-refractivity contribution in [3.63, 3.8) is 0 Å². The van der Waals surface area contributed by atoms with Gasteiger partial charge in [0.15, 0.2) is 0 Å². The number of pyridine rings is 1. The first-order chi connectivity index (χ1) is 17.3. The number of hydrogen-bond donors (Lipinski definition) is 4. The Bertz CT molecular complexity index is 1420. The lowest BCUT2D eigenvalue weighted by Gasteiger charge is -2.34. The number of methoxy groups -OCH3 is 1. The molecule has 1 saturated heterocycles. The number of H-pyrrole nitrogens is 1. The molecule has 1 fully saturated rings. The summed E-state index contributed by atoms with van der Waals surface area (Å²) in [5, 5.41) is 2.70. The maximum absolute atomic E-state index is 14.4. The number of aryl methyl sites for hydroxylation is 1. The Labute approximate surface area is 207 Å². The van der Waals surface area contributed by atoms with E-state index < -0.39 is 6.09 Å². The minimum absolute atomic E-state index is 0.127. The highest BCUT2D eigenvalue weighted by Crippen LogP contribution is 2.43. The van der Waals surface area contributed by atoms with Crippen LogP contribution < -0.4 is 21.7 Å². The summed E-state index contributed by atoms with van der Waals surface area (Å²) in [6.45, 7) is 3.29. The van der Waals surface area contributed by atoms with Crippen LogP contribution in [0.1, 0.15) is 18.4 Å². The number of piperidine rings is 1. The Morgan fingerprint density at radius 1 is 1.25 bits per heavy atom. The maximum atomic E-state index is 14.4. The Kier molecular flexibility index (Phi) is 6.19. The van der Waals surface area contributed by atoms with Crippen molar-refractivity contribution in [2.24, 2.45) is 5.73 Å². The summed E-state index contributed by atoms with van der Waals surface area (Å²) < 4.78 is 19.2. The summed E-state index contributed by atoms with van der Waals surface area (Å²) in [6, 6.07) is 10.4. The average molecular weight is 490 g/mol. The molecule has 0 saturated carbocycles. The van der Waals surface area contributed by atoms with Gasteiger partial charge < -0.3 is 26.1 Å². The first kappa shape index (κ1) is 23.6. The number of fused-ring (bicyclic) bond motifs is 1. The highest BCUT2D eigenvalue weighted by Gasteiger charge is 2.27. The number of nitrogens with zero attached hydrogens (tertiary/aromatic N) is 3. The van der Waals surface area contributed by atoms with E-state index in [1.807, 2.05) is 19.1 Å². The van der Waals surface area contributed by atoms with Gasteiger partial charge in [-0.15, -0.1) is 0 Å². The monoisotopic (exact) mass is 489 g/mol. The second kappa shape index (κ2) is 9.46. The molecule has 1 amide bonds. The molecular weight excluding hydrogens is 461 g/mol. The van der Waals surface area contributed by atoms with Crippen LogP contribution in [0, 0.1) is 12.7 Å². The number of para-hydroxylation sites is 1. The molecule has 9 nitrogen and oxygen atoms in total. The molecule has 186 valence electrons. The number of anilines is 3. The van der Waals surface area contributed by atoms with Gasteiger partial charge in [0.05, 0.1) is 35.1 Å². The number of benzene rings is 2. The first-order valence-corrected chi connectivity index (χ1v) is 11.7. The van der Waals surface area contributed by atoms with Crippen molar-refractivity contribution in [1.29, 1.82) is 0 Å². The van der Waals surface area contributed by atoms with Gasteiger partial charge in [-0.2, -0.15) is 0 Å². The van der Waals surface area contributed by atoms with E-state index in [1.54, 1.807) is 18.3 Å². The fourth-order valence-electron chi connectivity index (χ4n) is 4.72. The fourth-order valence-corrected chi connectivity index (χ4v) is 4.72. The number of amides is 1. The van der Waals surface area contributed by atoms with Crippen molar-refractivity contribution >= 4 is 34.3 Å². The molecule has 0 aliphatic carbocycles. The number of hydrogen-bond acceptors (Lipinski definition) is 7. The lowest BCUT2D eigenvalue weighted by molar-refractivity contribution is 0.187. The van der Waals surface area contributed by atoms with Crippen LogP contribution in [0.5, 0.6) is 0 Å². The largest absolute Gasteiger partial charge is 0.453 e. The molecule has 0 radical (unpaired) electrons. The molecule has 1 aliphatic rings. The number of carbonyl (C=O) groups is 1. The van der Waals surface area contributed by atoms with E-state index in [4.69, 9.17) is 21.2 Å². The van der Waals surface area contributed by atoms with Crippen LogP contribution in [-0.2, 0) is 4.74 Å². The number of nitrogens with one attached hydrogen (secondary N) is 2. The number of rotatable bonds is 4. The van der Waals surface area contributed by atoms with Gasteiger partial charge in [0.2, 0.25) is 0 Å². The minimum Gasteiger partial charge on any atom is -0.453 e. The predicted molar refractivity (Wildman–Crippen MR) is 139 cm³/mol. The predicted octanol–water partition coefficient (Wildman–Crippen LogP) is 4.43. The lowest BCUT2D eigenvalue weighted by atomic mass is 9.97. The van der Waals surface area contributed by atoms with Gasteiger partial charge >= 0.3 is 6.09 Å². The third kappa shape index (κ3) is 4.42. The summed E-state index contributed by atoms with van der Waals surface area (Å²) >= 11 is 0. The summed E-state index contributed by atoms with van der Waals surface area (Å²) in [7, 11) is 1.30. The van der Waals surface area contributed by atoms with E-state index in [0.29, 0.717) is 52.6 Å². The summed E-state index contributed by atoms with van der Waals surface area (Å²) in [5.41, 5.74) is 18.1. The average Bonchev–Trinajstić information content (AvgIpc) is 3.28. The molecule has 6 N–H and O–H groups in total. The number of aromatic nitrogens is 3. The zero-order valence-corrected chi connectivity index (χ0v) is 20.1. The Morgan fingerprint density at radius 2 is 2.03 bits per heavy atom. The molecule has 2 aromatic heterocycles. The molecule has 4 aromatic rings. The van der Waals surface area contributed by atoms with E-state index in [0.717, 1.165) is 29.7 Å². The van der Waals surface area contributed by atoms with Crippen molar-refractivity contribution in [3.8, 4) is 22.5 Å². The summed E-state index contributed by atoms with van der Waals surface area (Å²) in [5.74, 6) is 0.462. The highest BCUT2D eigenvalue weighted by atomic mass is 19.1. The van der Waals surface area contributed by atoms with Gasteiger partial charge in [0.1, 0.15) is 17.5 Å². The van der Waals surface area contributed by atoms with Crippen molar-refractivity contribution in [2.75, 3.05) is 36.1 Å². The van der Waals surface area contributed by atoms with Crippen LogP contribution in [0.2, 0.25) is 0 Å². The number of ether oxygens (including phenoxy) is 1. The van der Waals surface area contributed by atoms with Crippen molar-refractivity contribution in [3.05, 3.63) is 54.0 Å². The van der Waals surface area contributed by atoms with E-state index in [1.165, 1.54) is 19.2 Å². The summed E-state index contributed by atoms with van der Waals surface area (Å²) in [4.78, 5) is 26.6. The number of carbonyl (C=O) groups excluding carboxylic acids is 1. The molecule has 3 heterocycles. The van der Waals surface area contributed by atoms with Crippen molar-refractivity contribution in [2.45, 2.75) is 25.8 Å². The van der Waals surface area contributed by atoms with Gasteiger partial charge in [-0.3, -0.25) is 5.32 Å². The van der Waals surface area contributed by atoms with Gasteiger partial charge in [0.25, 0.3) is 0 Å². The first-order valence-electron chi connectivity index (χ1n) is 11.7. The maximum Gasteiger partial charge on any atom is 0.411 e. The number of imidazole rings is 1. The number of nitrogens with two attached hydrogens (primary N) is 2. The highest BCUT2D eigenvalue weighted by molar-refractivity contribution is 6.00. The Hall–Kier alpha value is -4.18. The second-order valence-electron chi connectivity index (χ2n) is 9.02. The van der Waals surface area contributed by atoms with Gasteiger partial charge in [-0.1, -0.05) is 12.1 Å². The lowest BCUT2D eigenvalue weighted by Crippen LogP contribution is -2.40. The van der Waals surface area contributed by atoms with E-state index in [-0.39, 0.29) is 11.9 Å². The van der Waals surface area contributed by atoms with Crippen LogP contribution in [0.3, 0.4) is 0 Å². The third-order valence-electron chi connectivity index (χ3n) is 6.47. The fraction of sp³-hybridized carbons (Fsp3) is 0.269. The molecular formula is C26H28FN7O2. The molecule has 2 aromatic carbocycles. The zero-order valence-electron chi connectivity index (χ0n) is 20.1. The molecule has 1 aliphatic heterocycles. The molecule has 36 heavy (non-hydrogen) atoms. The SMILES string of the molecule is COC(=O)Nc1cccc2nc(-c3c(N)ncc(-c4cc(C)cc(F)c4)c3N3CCC(N)CC3)[nH]c12. The number of aromatic amines is 1. The van der Waals surface area contributed by atoms with E-state index in [2.05, 4.69) is 20.2 Å². The summed E-state index contributed by atoms with van der Waals surface area (Å²) in [6.07, 6.45) is 2.73. The Morgan fingerprint density at radius 3 is 2.75 bits per heavy atom. The molecule has 0 bridgehead atoms. The van der Waals surface area contributed by atoms with Crippen LogP contribution in [0.25, 0.3) is 33.5 Å². The minimum atomic E-state index is -0.589. The quantitative estimate of drug-likeness (QED) is 0.333. The van der Waals surface area contributed by atoms with Crippen molar-refractivity contribution in [1.82, 2.24) is 15.0 Å². The Balaban J connectivity index is 1.73. The van der Waals surface area contributed by atoms with Gasteiger partial charge in [0, 0.05) is 30.9 Å². The molecule has 5 rings (SSSR count). The molecule has 0 atom stereocenters. The van der Waals surface area contributed by atoms with Crippen molar-refractivity contribution < 1.29 is 13.9 Å². The third-order valence-corrected chi connectivity index (χ3v) is 6.47. The second-order valence-corrected chi connectivity index (χ2v) is 9.02. The van der Waals surface area contributed by atoms with E-state index in [9.17, 15) is 9.18 Å². The number of nitrogen functional groups attached to an aromatic ring is 1. The van der Waals surface area contributed by atoms with Crippen LogP contribution in [-0.4, -0.2) is 47.3 Å². The standard InChI is InChI=1S/C26H28FN7O2/c1-14-10-15(12-16(27)11-14)18-13-30-24(29)21(23(18)34-8-6-17(28)7-9-34)25-31-19-4-3-5-20(22(19)33-25)32-26(35)36-2/h3-5,10-13,17H,6-9,28H2,1-2H3,(H2,29,30)(H,31,33)(H,32,35). The van der Waals surface area contributed by atoms with Gasteiger partial charge in [-0.25, -0.2) is 19.2 Å². The van der Waals surface area contributed by atoms with Crippen LogP contribution in [0.15, 0.2) is 42.6 Å². The van der Waals surface area contributed by atoms with Crippen LogP contribution in [0.4, 0.5) is 26.4 Å². The molecule has 0 unspecified atom stereocenters.